The van der Waals surface area contributed by atoms with Crippen LogP contribution in [-0.4, -0.2) is 56.1 Å². The molecule has 194 valence electrons. The number of nitrogens with zero attached hydrogens (tertiary/aromatic N) is 3. The van der Waals surface area contributed by atoms with Crippen molar-refractivity contribution in [3.8, 4) is 0 Å². The highest BCUT2D eigenvalue weighted by Gasteiger charge is 2.37. The van der Waals surface area contributed by atoms with E-state index in [-0.39, 0.29) is 17.2 Å². The molecule has 10 heteroatoms. The van der Waals surface area contributed by atoms with Crippen molar-refractivity contribution in [1.82, 2.24) is 26.3 Å². The standard InChI is InChI=1S/C27H32N6O3S/c1-2-36-21-14-23(26-24-16-29-30-27(24)31-33(26)17-21)20-8-9-25(28-15-20)32-12-10-22(11-13-32)37(34,35)18-19-6-4-3-5-7-19/h3-9,14-15,17,22,27,29-31H,2,10-13,16,18H2,1H3. The fraction of sp³-hybridized carbons (Fsp3) is 0.370. The summed E-state index contributed by atoms with van der Waals surface area (Å²) >= 11 is 0. The van der Waals surface area contributed by atoms with Gasteiger partial charge in [-0.2, -0.15) is 0 Å². The number of pyridine rings is 1. The van der Waals surface area contributed by atoms with Gasteiger partial charge in [-0.15, -0.1) is 0 Å². The number of nitrogens with one attached hydrogen (secondary N) is 3. The molecular weight excluding hydrogens is 488 g/mol. The fourth-order valence-corrected chi connectivity index (χ4v) is 7.29. The molecule has 0 radical (unpaired) electrons. The van der Waals surface area contributed by atoms with Crippen molar-refractivity contribution >= 4 is 21.2 Å². The lowest BCUT2D eigenvalue weighted by Crippen LogP contribution is -2.44. The van der Waals surface area contributed by atoms with Crippen molar-refractivity contribution in [3.63, 3.8) is 0 Å². The SMILES string of the molecule is CCOC1=CN2NC3NNCC3=C2C(c2ccc(N3CCC(S(=O)(=O)Cc4ccccc4)CC3)nc2)=C1. The highest BCUT2D eigenvalue weighted by atomic mass is 32.2. The van der Waals surface area contributed by atoms with Crippen LogP contribution >= 0.6 is 0 Å². The van der Waals surface area contributed by atoms with Gasteiger partial charge >= 0.3 is 0 Å². The topological polar surface area (TPSA) is 98.8 Å². The number of sulfone groups is 1. The Balaban J connectivity index is 1.16. The van der Waals surface area contributed by atoms with Crippen LogP contribution in [0.4, 0.5) is 5.82 Å². The van der Waals surface area contributed by atoms with E-state index < -0.39 is 9.84 Å². The van der Waals surface area contributed by atoms with Crippen LogP contribution in [0.1, 0.15) is 30.9 Å². The van der Waals surface area contributed by atoms with E-state index in [1.54, 1.807) is 0 Å². The molecule has 1 aromatic heterocycles. The van der Waals surface area contributed by atoms with E-state index in [2.05, 4.69) is 33.3 Å². The Morgan fingerprint density at radius 3 is 2.65 bits per heavy atom. The van der Waals surface area contributed by atoms with Gasteiger partial charge in [0.05, 0.1) is 29.5 Å². The smallest absolute Gasteiger partial charge is 0.157 e. The Kier molecular flexibility index (Phi) is 6.49. The number of piperidine rings is 1. The van der Waals surface area contributed by atoms with Crippen molar-refractivity contribution in [3.05, 3.63) is 89.1 Å². The van der Waals surface area contributed by atoms with Crippen molar-refractivity contribution in [2.45, 2.75) is 36.9 Å². The van der Waals surface area contributed by atoms with Gasteiger partial charge in [0, 0.05) is 42.5 Å². The van der Waals surface area contributed by atoms with Gasteiger partial charge in [0.15, 0.2) is 9.84 Å². The predicted octanol–water partition coefficient (Wildman–Crippen LogP) is 2.45. The summed E-state index contributed by atoms with van der Waals surface area (Å²) in [6.45, 7) is 4.68. The number of anilines is 1. The number of rotatable bonds is 7. The summed E-state index contributed by atoms with van der Waals surface area (Å²) in [7, 11) is -3.19. The number of allylic oxidation sites excluding steroid dienone is 2. The van der Waals surface area contributed by atoms with E-state index >= 15 is 0 Å². The van der Waals surface area contributed by atoms with Gasteiger partial charge in [-0.05, 0) is 43.5 Å². The zero-order valence-corrected chi connectivity index (χ0v) is 21.7. The van der Waals surface area contributed by atoms with Gasteiger partial charge in [-0.1, -0.05) is 30.3 Å². The van der Waals surface area contributed by atoms with E-state index in [1.165, 1.54) is 5.57 Å². The van der Waals surface area contributed by atoms with Crippen LogP contribution in [-0.2, 0) is 20.3 Å². The summed E-state index contributed by atoms with van der Waals surface area (Å²) < 4.78 is 31.8. The molecule has 0 bridgehead atoms. The van der Waals surface area contributed by atoms with Crippen molar-refractivity contribution < 1.29 is 13.2 Å². The Labute approximate surface area is 217 Å². The van der Waals surface area contributed by atoms with Gasteiger partial charge < -0.3 is 9.64 Å². The number of aromatic nitrogens is 1. The third kappa shape index (κ3) is 4.77. The number of ether oxygens (including phenoxy) is 1. The van der Waals surface area contributed by atoms with Gasteiger partial charge in [0.2, 0.25) is 0 Å². The summed E-state index contributed by atoms with van der Waals surface area (Å²) in [5.74, 6) is 1.78. The minimum Gasteiger partial charge on any atom is -0.492 e. The normalized spacial score (nSPS) is 22.0. The molecule has 2 aromatic rings. The molecule has 37 heavy (non-hydrogen) atoms. The maximum absolute atomic E-state index is 13.0. The molecule has 1 aromatic carbocycles. The first kappa shape index (κ1) is 24.2. The van der Waals surface area contributed by atoms with Crippen molar-refractivity contribution in [1.29, 1.82) is 0 Å². The van der Waals surface area contributed by atoms with E-state index in [9.17, 15) is 8.42 Å². The van der Waals surface area contributed by atoms with Gasteiger partial charge in [-0.3, -0.25) is 10.4 Å². The Bertz CT molecular complexity index is 1350. The minimum absolute atomic E-state index is 0.0438. The fourth-order valence-electron chi connectivity index (χ4n) is 5.47. The van der Waals surface area contributed by atoms with Gasteiger partial charge in [0.1, 0.15) is 17.7 Å². The first-order valence-electron chi connectivity index (χ1n) is 12.8. The molecule has 4 aliphatic rings. The quantitative estimate of drug-likeness (QED) is 0.508. The zero-order valence-electron chi connectivity index (χ0n) is 20.9. The molecule has 1 unspecified atom stereocenters. The molecule has 1 atom stereocenters. The first-order chi connectivity index (χ1) is 18.0. The van der Waals surface area contributed by atoms with Crippen LogP contribution in [0.2, 0.25) is 0 Å². The molecule has 2 saturated heterocycles. The highest BCUT2D eigenvalue weighted by Crippen LogP contribution is 2.38. The molecule has 0 saturated carbocycles. The van der Waals surface area contributed by atoms with Crippen LogP contribution < -0.4 is 21.2 Å². The number of fused-ring (bicyclic) bond motifs is 2. The summed E-state index contributed by atoms with van der Waals surface area (Å²) in [5, 5.41) is 1.72. The second-order valence-electron chi connectivity index (χ2n) is 9.71. The maximum atomic E-state index is 13.0. The van der Waals surface area contributed by atoms with Crippen LogP contribution in [0.25, 0.3) is 5.57 Å². The molecule has 9 nitrogen and oxygen atoms in total. The second kappa shape index (κ2) is 9.94. The number of hydrogen-bond donors (Lipinski definition) is 3. The lowest BCUT2D eigenvalue weighted by molar-refractivity contribution is 0.223. The summed E-state index contributed by atoms with van der Waals surface area (Å²) in [4.78, 5) is 6.97. The van der Waals surface area contributed by atoms with E-state index in [0.29, 0.717) is 32.5 Å². The average molecular weight is 521 g/mol. The molecule has 0 amide bonds. The van der Waals surface area contributed by atoms with Crippen LogP contribution in [0.5, 0.6) is 0 Å². The summed E-state index contributed by atoms with van der Waals surface area (Å²) in [6, 6.07) is 13.6. The van der Waals surface area contributed by atoms with Crippen molar-refractivity contribution in [2.75, 3.05) is 31.1 Å². The largest absolute Gasteiger partial charge is 0.492 e. The zero-order chi connectivity index (χ0) is 25.4. The van der Waals surface area contributed by atoms with E-state index in [4.69, 9.17) is 9.72 Å². The molecule has 6 rings (SSSR count). The highest BCUT2D eigenvalue weighted by molar-refractivity contribution is 7.91. The van der Waals surface area contributed by atoms with Crippen LogP contribution in [0.3, 0.4) is 0 Å². The molecule has 2 fully saturated rings. The molecule has 4 aliphatic heterocycles. The lowest BCUT2D eigenvalue weighted by Gasteiger charge is -2.32. The number of hydrazine groups is 2. The van der Waals surface area contributed by atoms with Gasteiger partial charge in [0.25, 0.3) is 0 Å². The number of hydrogen-bond acceptors (Lipinski definition) is 9. The monoisotopic (exact) mass is 520 g/mol. The molecule has 3 N–H and O–H groups in total. The van der Waals surface area contributed by atoms with Crippen LogP contribution in [0, 0.1) is 0 Å². The van der Waals surface area contributed by atoms with Crippen molar-refractivity contribution in [2.24, 2.45) is 0 Å². The molecule has 0 spiro atoms. The summed E-state index contributed by atoms with van der Waals surface area (Å²) in [6.07, 6.45) is 7.23. The average Bonchev–Trinajstić information content (AvgIpc) is 3.50. The number of benzene rings is 1. The second-order valence-corrected chi connectivity index (χ2v) is 12.0. The van der Waals surface area contributed by atoms with Crippen LogP contribution in [0.15, 0.2) is 78.0 Å². The maximum Gasteiger partial charge on any atom is 0.157 e. The van der Waals surface area contributed by atoms with E-state index in [1.807, 2.05) is 60.7 Å². The minimum atomic E-state index is -3.19. The molecule has 5 heterocycles. The lowest BCUT2D eigenvalue weighted by atomic mass is 9.97. The Morgan fingerprint density at radius 1 is 1.11 bits per heavy atom. The molecular formula is C27H32N6O3S. The third-order valence-electron chi connectivity index (χ3n) is 7.34. The molecule has 0 aliphatic carbocycles. The van der Waals surface area contributed by atoms with Gasteiger partial charge in [-0.25, -0.2) is 24.3 Å². The Hall–Kier alpha value is -3.18. The third-order valence-corrected chi connectivity index (χ3v) is 9.56. The predicted molar refractivity (Wildman–Crippen MR) is 143 cm³/mol. The van der Waals surface area contributed by atoms with E-state index in [0.717, 1.165) is 40.5 Å². The summed E-state index contributed by atoms with van der Waals surface area (Å²) in [5.41, 5.74) is 15.2. The Morgan fingerprint density at radius 2 is 1.92 bits per heavy atom. The first-order valence-corrected chi connectivity index (χ1v) is 14.5.